The molecule has 6 heteroatoms. The number of benzene rings is 1. The number of H-pyrrole nitrogens is 1. The maximum Gasteiger partial charge on any atom is 0.293 e. The number of nitrogens with one attached hydrogen (secondary N) is 2. The number of fused-ring (bicyclic) bond motifs is 1. The van der Waals surface area contributed by atoms with Gasteiger partial charge in [0.2, 0.25) is 0 Å². The van der Waals surface area contributed by atoms with E-state index >= 15 is 0 Å². The summed E-state index contributed by atoms with van der Waals surface area (Å²) in [5, 5.41) is 13.8. The van der Waals surface area contributed by atoms with Gasteiger partial charge < -0.3 is 10.3 Å². The third-order valence-corrected chi connectivity index (χ3v) is 3.62. The van der Waals surface area contributed by atoms with Crippen molar-refractivity contribution in [3.8, 4) is 0 Å². The van der Waals surface area contributed by atoms with E-state index in [1.807, 2.05) is 24.3 Å². The fraction of sp³-hybridized carbons (Fsp3) is 0.133. The van der Waals surface area contributed by atoms with Crippen LogP contribution in [0.3, 0.4) is 0 Å². The second-order valence-corrected chi connectivity index (χ2v) is 4.95. The first-order chi connectivity index (χ1) is 9.99. The number of aromatic amines is 1. The lowest BCUT2D eigenvalue weighted by atomic mass is 10.1. The van der Waals surface area contributed by atoms with Crippen molar-refractivity contribution >= 4 is 28.9 Å². The van der Waals surface area contributed by atoms with Gasteiger partial charge in [-0.05, 0) is 26.0 Å². The number of aryl methyl sites for hydroxylation is 1. The Hall–Kier alpha value is -2.89. The van der Waals surface area contributed by atoms with Crippen LogP contribution in [0.2, 0.25) is 0 Å². The van der Waals surface area contributed by atoms with Crippen molar-refractivity contribution in [2.24, 2.45) is 0 Å². The molecule has 0 saturated heterocycles. The van der Waals surface area contributed by atoms with Gasteiger partial charge in [0.25, 0.3) is 11.6 Å². The number of aromatic nitrogens is 1. The van der Waals surface area contributed by atoms with E-state index < -0.39 is 4.92 Å². The lowest BCUT2D eigenvalue weighted by Gasteiger charge is -1.97. The first kappa shape index (κ1) is 13.1. The van der Waals surface area contributed by atoms with E-state index in [9.17, 15) is 14.9 Å². The molecule has 0 saturated carbocycles. The SMILES string of the molecule is Cc1[nH]c(/C=C2\C(=O)Nc3ccccc32)c(C)c1[N+](=O)[O-]. The van der Waals surface area contributed by atoms with E-state index in [0.29, 0.717) is 22.5 Å². The number of nitro groups is 1. The largest absolute Gasteiger partial charge is 0.353 e. The summed E-state index contributed by atoms with van der Waals surface area (Å²) in [5.41, 5.74) is 3.72. The van der Waals surface area contributed by atoms with E-state index in [1.54, 1.807) is 19.9 Å². The topological polar surface area (TPSA) is 88.0 Å². The van der Waals surface area contributed by atoms with Crippen LogP contribution in [0, 0.1) is 24.0 Å². The Balaban J connectivity index is 2.14. The highest BCUT2D eigenvalue weighted by Crippen LogP contribution is 2.34. The third-order valence-electron chi connectivity index (χ3n) is 3.62. The highest BCUT2D eigenvalue weighted by atomic mass is 16.6. The number of hydrogen-bond acceptors (Lipinski definition) is 3. The van der Waals surface area contributed by atoms with Crippen molar-refractivity contribution < 1.29 is 9.72 Å². The lowest BCUT2D eigenvalue weighted by Crippen LogP contribution is -2.03. The summed E-state index contributed by atoms with van der Waals surface area (Å²) in [6.07, 6.45) is 1.66. The molecule has 0 bridgehead atoms. The quantitative estimate of drug-likeness (QED) is 0.504. The van der Waals surface area contributed by atoms with Crippen LogP contribution in [0.15, 0.2) is 24.3 Å². The van der Waals surface area contributed by atoms with E-state index in [2.05, 4.69) is 10.3 Å². The zero-order valence-electron chi connectivity index (χ0n) is 11.6. The number of rotatable bonds is 2. The molecular weight excluding hydrogens is 270 g/mol. The molecular formula is C15H13N3O3. The van der Waals surface area contributed by atoms with Gasteiger partial charge in [-0.3, -0.25) is 14.9 Å². The van der Waals surface area contributed by atoms with Crippen LogP contribution < -0.4 is 5.32 Å². The van der Waals surface area contributed by atoms with E-state index in [4.69, 9.17) is 0 Å². The van der Waals surface area contributed by atoms with Gasteiger partial charge in [-0.25, -0.2) is 0 Å². The number of para-hydroxylation sites is 1. The Morgan fingerprint density at radius 1 is 1.24 bits per heavy atom. The van der Waals surface area contributed by atoms with Crippen molar-refractivity contribution in [3.63, 3.8) is 0 Å². The van der Waals surface area contributed by atoms with Crippen molar-refractivity contribution in [1.29, 1.82) is 0 Å². The summed E-state index contributed by atoms with van der Waals surface area (Å²) < 4.78 is 0. The first-order valence-electron chi connectivity index (χ1n) is 6.45. The van der Waals surface area contributed by atoms with Gasteiger partial charge >= 0.3 is 0 Å². The molecule has 1 amide bonds. The molecule has 1 aliphatic rings. The van der Waals surface area contributed by atoms with Crippen molar-refractivity contribution in [1.82, 2.24) is 4.98 Å². The lowest BCUT2D eigenvalue weighted by molar-refractivity contribution is -0.385. The standard InChI is InChI=1S/C15H13N3O3/c1-8-13(16-9(2)14(8)18(20)21)7-11-10-5-3-4-6-12(10)17-15(11)19/h3-7,16H,1-2H3,(H,17,19)/b11-7-. The predicted octanol–water partition coefficient (Wildman–Crippen LogP) is 3.03. The molecule has 106 valence electrons. The normalized spacial score (nSPS) is 15.1. The molecule has 6 nitrogen and oxygen atoms in total. The van der Waals surface area contributed by atoms with Gasteiger partial charge in [-0.2, -0.15) is 0 Å². The average molecular weight is 283 g/mol. The second-order valence-electron chi connectivity index (χ2n) is 4.95. The van der Waals surface area contributed by atoms with Crippen molar-refractivity contribution in [3.05, 3.63) is 56.9 Å². The van der Waals surface area contributed by atoms with Gasteiger partial charge in [0.15, 0.2) is 0 Å². The van der Waals surface area contributed by atoms with Crippen LogP contribution in [0.25, 0.3) is 11.6 Å². The molecule has 1 aromatic carbocycles. The summed E-state index contributed by atoms with van der Waals surface area (Å²) in [4.78, 5) is 25.7. The molecule has 3 rings (SSSR count). The zero-order chi connectivity index (χ0) is 15.1. The van der Waals surface area contributed by atoms with Gasteiger partial charge in [-0.1, -0.05) is 18.2 Å². The summed E-state index contributed by atoms with van der Waals surface area (Å²) in [6, 6.07) is 7.36. The summed E-state index contributed by atoms with van der Waals surface area (Å²) in [5.74, 6) is -0.203. The number of nitrogens with zero attached hydrogens (tertiary/aromatic N) is 1. The molecule has 21 heavy (non-hydrogen) atoms. The first-order valence-corrected chi connectivity index (χ1v) is 6.45. The number of carbonyl (C=O) groups is 1. The molecule has 0 radical (unpaired) electrons. The Kier molecular flexibility index (Phi) is 2.86. The van der Waals surface area contributed by atoms with Gasteiger partial charge in [0.1, 0.15) is 0 Å². The van der Waals surface area contributed by atoms with Crippen LogP contribution in [-0.4, -0.2) is 15.8 Å². The Labute approximate surface area is 120 Å². The molecule has 2 heterocycles. The van der Waals surface area contributed by atoms with Crippen molar-refractivity contribution in [2.75, 3.05) is 5.32 Å². The van der Waals surface area contributed by atoms with Gasteiger partial charge in [-0.15, -0.1) is 0 Å². The summed E-state index contributed by atoms with van der Waals surface area (Å²) >= 11 is 0. The highest BCUT2D eigenvalue weighted by Gasteiger charge is 2.26. The molecule has 1 aliphatic heterocycles. The van der Waals surface area contributed by atoms with Gasteiger partial charge in [0, 0.05) is 16.9 Å². The number of anilines is 1. The molecule has 0 fully saturated rings. The van der Waals surface area contributed by atoms with Crippen LogP contribution >= 0.6 is 0 Å². The number of hydrogen-bond donors (Lipinski definition) is 2. The molecule has 0 spiro atoms. The Bertz CT molecular complexity index is 802. The van der Waals surface area contributed by atoms with Gasteiger partial charge in [0.05, 0.1) is 21.8 Å². The minimum atomic E-state index is -0.411. The van der Waals surface area contributed by atoms with E-state index in [1.165, 1.54) is 0 Å². The van der Waals surface area contributed by atoms with Crippen LogP contribution in [0.5, 0.6) is 0 Å². The third kappa shape index (κ3) is 2.01. The Morgan fingerprint density at radius 2 is 1.95 bits per heavy atom. The minimum Gasteiger partial charge on any atom is -0.353 e. The smallest absolute Gasteiger partial charge is 0.293 e. The summed E-state index contributed by atoms with van der Waals surface area (Å²) in [7, 11) is 0. The van der Waals surface area contributed by atoms with E-state index in [0.717, 1.165) is 11.3 Å². The maximum atomic E-state index is 12.0. The maximum absolute atomic E-state index is 12.0. The molecule has 0 aliphatic carbocycles. The van der Waals surface area contributed by atoms with Crippen molar-refractivity contribution in [2.45, 2.75) is 13.8 Å². The molecule has 2 N–H and O–H groups in total. The predicted molar refractivity (Wildman–Crippen MR) is 79.9 cm³/mol. The summed E-state index contributed by atoms with van der Waals surface area (Å²) in [6.45, 7) is 3.32. The second kappa shape index (κ2) is 4.59. The fourth-order valence-corrected chi connectivity index (χ4v) is 2.61. The molecule has 0 atom stereocenters. The monoisotopic (exact) mass is 283 g/mol. The molecule has 1 aromatic heterocycles. The number of carbonyl (C=O) groups excluding carboxylic acids is 1. The van der Waals surface area contributed by atoms with E-state index in [-0.39, 0.29) is 11.6 Å². The highest BCUT2D eigenvalue weighted by molar-refractivity contribution is 6.34. The van der Waals surface area contributed by atoms with Crippen LogP contribution in [-0.2, 0) is 4.79 Å². The fourth-order valence-electron chi connectivity index (χ4n) is 2.61. The molecule has 0 unspecified atom stereocenters. The minimum absolute atomic E-state index is 0.0635. The van der Waals surface area contributed by atoms with Crippen LogP contribution in [0.4, 0.5) is 11.4 Å². The number of amides is 1. The average Bonchev–Trinajstić information content (AvgIpc) is 2.88. The molecule has 2 aromatic rings. The Morgan fingerprint density at radius 3 is 2.62 bits per heavy atom. The van der Waals surface area contributed by atoms with Crippen LogP contribution in [0.1, 0.15) is 22.5 Å². The zero-order valence-corrected chi connectivity index (χ0v) is 11.6.